The molecule has 4 nitrogen and oxygen atoms in total. The van der Waals surface area contributed by atoms with Crippen molar-refractivity contribution in [1.82, 2.24) is 9.80 Å². The van der Waals surface area contributed by atoms with Crippen molar-refractivity contribution in [3.05, 3.63) is 52.0 Å². The van der Waals surface area contributed by atoms with Crippen molar-refractivity contribution in [2.24, 2.45) is 0 Å². The molecular weight excluding hydrogens is 514 g/mol. The van der Waals surface area contributed by atoms with Crippen LogP contribution >= 0.6 is 48.0 Å². The van der Waals surface area contributed by atoms with Crippen molar-refractivity contribution < 1.29 is 9.84 Å². The van der Waals surface area contributed by atoms with Crippen molar-refractivity contribution in [2.45, 2.75) is 43.6 Å². The lowest BCUT2D eigenvalue weighted by Crippen LogP contribution is -2.50. The van der Waals surface area contributed by atoms with Gasteiger partial charge >= 0.3 is 0 Å². The molecule has 2 aliphatic rings. The maximum Gasteiger partial charge on any atom is 0.126 e. The summed E-state index contributed by atoms with van der Waals surface area (Å²) in [6, 6.07) is 12.0. The average molecular weight is 550 g/mol. The molecule has 190 valence electrons. The fraction of sp³-hybridized carbons (Fsp3) is 0.538. The summed E-state index contributed by atoms with van der Waals surface area (Å²) in [5.74, 6) is 0.847. The molecule has 1 saturated heterocycles. The van der Waals surface area contributed by atoms with Crippen LogP contribution in [0.1, 0.15) is 43.6 Å². The summed E-state index contributed by atoms with van der Waals surface area (Å²) in [7, 11) is 3.86. The van der Waals surface area contributed by atoms with E-state index in [1.165, 1.54) is 6.42 Å². The molecule has 1 N–H and O–H groups in total. The number of piperazine rings is 1. The van der Waals surface area contributed by atoms with Gasteiger partial charge in [-0.15, -0.1) is 24.8 Å². The highest BCUT2D eigenvalue weighted by molar-refractivity contribution is 6.42. The van der Waals surface area contributed by atoms with Crippen LogP contribution in [0.4, 0.5) is 0 Å². The van der Waals surface area contributed by atoms with Gasteiger partial charge in [-0.3, -0.25) is 0 Å². The van der Waals surface area contributed by atoms with Crippen LogP contribution in [-0.2, 0) is 0 Å². The lowest BCUT2D eigenvalue weighted by Gasteiger charge is -2.43. The monoisotopic (exact) mass is 548 g/mol. The van der Waals surface area contributed by atoms with Crippen molar-refractivity contribution in [2.75, 3.05) is 46.9 Å². The summed E-state index contributed by atoms with van der Waals surface area (Å²) in [5.41, 5.74) is 2.43. The van der Waals surface area contributed by atoms with Gasteiger partial charge in [0.25, 0.3) is 0 Å². The van der Waals surface area contributed by atoms with E-state index in [4.69, 9.17) is 27.9 Å². The molecule has 0 spiro atoms. The van der Waals surface area contributed by atoms with Gasteiger partial charge < -0.3 is 19.6 Å². The van der Waals surface area contributed by atoms with E-state index in [-0.39, 0.29) is 30.7 Å². The maximum absolute atomic E-state index is 11.8. The zero-order chi connectivity index (χ0) is 22.7. The molecular formula is C26H36Cl4N2O2. The molecule has 0 radical (unpaired) electrons. The highest BCUT2D eigenvalue weighted by Gasteiger charge is 2.40. The molecule has 1 heterocycles. The van der Waals surface area contributed by atoms with Crippen LogP contribution < -0.4 is 4.74 Å². The molecule has 8 heteroatoms. The van der Waals surface area contributed by atoms with Gasteiger partial charge in [0, 0.05) is 44.2 Å². The highest BCUT2D eigenvalue weighted by Crippen LogP contribution is 2.43. The number of methoxy groups -OCH3 is 1. The van der Waals surface area contributed by atoms with E-state index in [1.54, 1.807) is 7.11 Å². The minimum atomic E-state index is -0.675. The van der Waals surface area contributed by atoms with Gasteiger partial charge in [-0.05, 0) is 55.3 Å². The van der Waals surface area contributed by atoms with Crippen molar-refractivity contribution >= 4 is 48.0 Å². The Labute approximate surface area is 226 Å². The van der Waals surface area contributed by atoms with Gasteiger partial charge in [-0.2, -0.15) is 0 Å². The number of nitrogens with zero attached hydrogens (tertiary/aromatic N) is 2. The first-order chi connectivity index (χ1) is 15.4. The molecule has 1 aliphatic heterocycles. The number of likely N-dealkylation sites (N-methyl/N-ethyl adjacent to an activating group) is 1. The average Bonchev–Trinajstić information content (AvgIpc) is 2.80. The third kappa shape index (κ3) is 6.73. The second-order valence-electron chi connectivity index (χ2n) is 9.41. The van der Waals surface area contributed by atoms with E-state index < -0.39 is 5.60 Å². The molecule has 1 aliphatic carbocycles. The van der Waals surface area contributed by atoms with Crippen LogP contribution in [0.5, 0.6) is 5.75 Å². The molecule has 2 aromatic rings. The third-order valence-electron chi connectivity index (χ3n) is 7.26. The van der Waals surface area contributed by atoms with Crippen molar-refractivity contribution in [3.8, 4) is 16.9 Å². The predicted molar refractivity (Wildman–Crippen MR) is 148 cm³/mol. The number of aliphatic hydroxyl groups is 1. The number of hydrogen-bond acceptors (Lipinski definition) is 4. The predicted octanol–water partition coefficient (Wildman–Crippen LogP) is 6.54. The largest absolute Gasteiger partial charge is 0.496 e. The minimum Gasteiger partial charge on any atom is -0.496 e. The molecule has 4 rings (SSSR count). The summed E-state index contributed by atoms with van der Waals surface area (Å²) in [5, 5.41) is 12.9. The second kappa shape index (κ2) is 13.0. The van der Waals surface area contributed by atoms with Crippen LogP contribution in [0.15, 0.2) is 36.4 Å². The first kappa shape index (κ1) is 29.5. The topological polar surface area (TPSA) is 35.9 Å². The summed E-state index contributed by atoms with van der Waals surface area (Å²) in [6.45, 7) is 5.10. The Morgan fingerprint density at radius 2 is 1.62 bits per heavy atom. The van der Waals surface area contributed by atoms with E-state index in [9.17, 15) is 5.11 Å². The molecule has 2 aromatic carbocycles. The molecule has 2 fully saturated rings. The Bertz CT molecular complexity index is 929. The fourth-order valence-corrected chi connectivity index (χ4v) is 5.52. The molecule has 0 bridgehead atoms. The Hall–Kier alpha value is -0.720. The summed E-state index contributed by atoms with van der Waals surface area (Å²) in [6.07, 6.45) is 5.11. The van der Waals surface area contributed by atoms with Gasteiger partial charge in [-0.1, -0.05) is 54.6 Å². The zero-order valence-corrected chi connectivity index (χ0v) is 23.1. The third-order valence-corrected chi connectivity index (χ3v) is 8.00. The number of ether oxygens (including phenoxy) is 1. The number of benzene rings is 2. The van der Waals surface area contributed by atoms with Crippen LogP contribution in [0.2, 0.25) is 10.0 Å². The Balaban J connectivity index is 0.00000204. The quantitative estimate of drug-likeness (QED) is 0.444. The number of rotatable bonds is 6. The number of hydrogen-bond donors (Lipinski definition) is 1. The minimum absolute atomic E-state index is 0. The first-order valence-electron chi connectivity index (χ1n) is 11.7. The first-order valence-corrected chi connectivity index (χ1v) is 12.4. The lowest BCUT2D eigenvalue weighted by molar-refractivity contribution is -0.0337. The molecule has 1 unspecified atom stereocenters. The van der Waals surface area contributed by atoms with Gasteiger partial charge in [-0.25, -0.2) is 0 Å². The summed E-state index contributed by atoms with van der Waals surface area (Å²) < 4.78 is 5.68. The molecule has 34 heavy (non-hydrogen) atoms. The second-order valence-corrected chi connectivity index (χ2v) is 10.2. The fourth-order valence-electron chi connectivity index (χ4n) is 5.22. The Morgan fingerprint density at radius 3 is 2.24 bits per heavy atom. The van der Waals surface area contributed by atoms with E-state index in [2.05, 4.69) is 29.0 Å². The standard InChI is InChI=1S/C26H34Cl2N2O2.2ClH/c1-29-12-14-30(15-13-29)18-22(26(31)10-4-3-5-11-26)20-7-9-25(32-2)21(16-20)19-6-8-23(27)24(28)17-19;;/h6-9,16-17,22,31H,3-5,10-15,18H2,1-2H3;2*1H. The molecule has 0 aromatic heterocycles. The van der Waals surface area contributed by atoms with Crippen LogP contribution in [0.25, 0.3) is 11.1 Å². The van der Waals surface area contributed by atoms with E-state index in [0.29, 0.717) is 10.0 Å². The zero-order valence-electron chi connectivity index (χ0n) is 19.9. The van der Waals surface area contributed by atoms with Gasteiger partial charge in [0.1, 0.15) is 5.75 Å². The van der Waals surface area contributed by atoms with Crippen LogP contribution in [-0.4, -0.2) is 67.4 Å². The molecule has 1 atom stereocenters. The number of halogens is 4. The van der Waals surface area contributed by atoms with Crippen LogP contribution in [0.3, 0.4) is 0 Å². The van der Waals surface area contributed by atoms with Gasteiger partial charge in [0.2, 0.25) is 0 Å². The van der Waals surface area contributed by atoms with E-state index >= 15 is 0 Å². The SMILES string of the molecule is COc1ccc(C(CN2CCN(C)CC2)C2(O)CCCCC2)cc1-c1ccc(Cl)c(Cl)c1.Cl.Cl. The summed E-state index contributed by atoms with van der Waals surface area (Å²) in [4.78, 5) is 4.89. The highest BCUT2D eigenvalue weighted by atomic mass is 35.5. The lowest BCUT2D eigenvalue weighted by atomic mass is 9.72. The van der Waals surface area contributed by atoms with Gasteiger partial charge in [0.05, 0.1) is 22.8 Å². The van der Waals surface area contributed by atoms with Crippen molar-refractivity contribution in [3.63, 3.8) is 0 Å². The van der Waals surface area contributed by atoms with E-state index in [0.717, 1.165) is 80.8 Å². The van der Waals surface area contributed by atoms with Crippen LogP contribution in [0, 0.1) is 0 Å². The normalized spacial score (nSPS) is 19.6. The summed E-state index contributed by atoms with van der Waals surface area (Å²) >= 11 is 12.5. The molecule has 1 saturated carbocycles. The van der Waals surface area contributed by atoms with E-state index in [1.807, 2.05) is 24.3 Å². The smallest absolute Gasteiger partial charge is 0.126 e. The maximum atomic E-state index is 11.8. The molecule has 0 amide bonds. The van der Waals surface area contributed by atoms with Gasteiger partial charge in [0.15, 0.2) is 0 Å². The van der Waals surface area contributed by atoms with Crippen molar-refractivity contribution in [1.29, 1.82) is 0 Å². The Morgan fingerprint density at radius 1 is 0.941 bits per heavy atom. The Kier molecular flexibility index (Phi) is 11.3.